The third-order valence-corrected chi connectivity index (χ3v) is 8.98. The van der Waals surface area contributed by atoms with E-state index in [1.54, 1.807) is 13.2 Å². The molecule has 3 aliphatic rings. The quantitative estimate of drug-likeness (QED) is 0.421. The fourth-order valence-corrected chi connectivity index (χ4v) is 7.01. The summed E-state index contributed by atoms with van der Waals surface area (Å²) < 4.78 is 54.7. The van der Waals surface area contributed by atoms with Gasteiger partial charge in [0.05, 0.1) is 17.0 Å². The number of thiophene rings is 1. The molecule has 1 aromatic heterocycles. The molecule has 1 fully saturated rings. The summed E-state index contributed by atoms with van der Waals surface area (Å²) in [5.41, 5.74) is 3.02. The minimum absolute atomic E-state index is 0.00909. The molecule has 0 amide bonds. The monoisotopic (exact) mass is 538 g/mol. The van der Waals surface area contributed by atoms with Gasteiger partial charge in [-0.15, -0.1) is 11.3 Å². The number of halogens is 4. The SMILES string of the molecule is COCc1cccc(F)c1CC1CC=C(CN2CCC3(CC2)OCC(F)(F)c2cc(Cl)sc23)C(C)=N1. The highest BCUT2D eigenvalue weighted by atomic mass is 35.5. The highest BCUT2D eigenvalue weighted by molar-refractivity contribution is 7.16. The molecule has 0 radical (unpaired) electrons. The Morgan fingerprint density at radius 3 is 2.78 bits per heavy atom. The number of hydrogen-bond donors (Lipinski definition) is 0. The van der Waals surface area contributed by atoms with E-state index in [2.05, 4.69) is 11.0 Å². The van der Waals surface area contributed by atoms with Gasteiger partial charge >= 0.3 is 0 Å². The van der Waals surface area contributed by atoms with E-state index < -0.39 is 18.1 Å². The molecule has 9 heteroatoms. The van der Waals surface area contributed by atoms with E-state index in [1.807, 2.05) is 13.0 Å². The number of rotatable bonds is 6. The first kappa shape index (κ1) is 25.9. The number of benzene rings is 1. The van der Waals surface area contributed by atoms with Crippen LogP contribution in [-0.2, 0) is 34.0 Å². The van der Waals surface area contributed by atoms with Crippen LogP contribution in [0.1, 0.15) is 47.8 Å². The summed E-state index contributed by atoms with van der Waals surface area (Å²) in [7, 11) is 1.61. The predicted molar refractivity (Wildman–Crippen MR) is 137 cm³/mol. The molecule has 0 saturated carbocycles. The van der Waals surface area contributed by atoms with E-state index in [4.69, 9.17) is 26.1 Å². The number of alkyl halides is 2. The topological polar surface area (TPSA) is 34.1 Å². The van der Waals surface area contributed by atoms with Gasteiger partial charge in [0.25, 0.3) is 5.92 Å². The minimum Gasteiger partial charge on any atom is -0.380 e. The molecule has 5 rings (SSSR count). The first-order valence-corrected chi connectivity index (χ1v) is 13.4. The number of ether oxygens (including phenoxy) is 2. The lowest BCUT2D eigenvalue weighted by molar-refractivity contribution is -0.181. The van der Waals surface area contributed by atoms with Crippen molar-refractivity contribution >= 4 is 28.6 Å². The number of fused-ring (bicyclic) bond motifs is 2. The number of dihydropyridines is 1. The van der Waals surface area contributed by atoms with Crippen LogP contribution in [0.25, 0.3) is 0 Å². The number of likely N-dealkylation sites (tertiary alicyclic amines) is 1. The Bertz CT molecular complexity index is 1190. The van der Waals surface area contributed by atoms with Crippen molar-refractivity contribution in [1.29, 1.82) is 0 Å². The standard InChI is InChI=1S/C27H30ClF3N2O2S/c1-17-18(6-7-20(32-17)12-21-19(15-34-2)4-3-5-23(21)29)14-33-10-8-26(9-11-33)25-22(13-24(28)36-25)27(30,31)16-35-26/h3-6,13,20H,7-12,14-16H2,1-2H3. The molecule has 1 saturated heterocycles. The Hall–Kier alpha value is -1.71. The zero-order valence-corrected chi connectivity index (χ0v) is 22.0. The van der Waals surface area contributed by atoms with E-state index in [-0.39, 0.29) is 17.4 Å². The van der Waals surface area contributed by atoms with Crippen molar-refractivity contribution < 1.29 is 22.6 Å². The molecule has 0 bridgehead atoms. The normalized spacial score (nSPS) is 23.3. The molecule has 3 aliphatic heterocycles. The fraction of sp³-hybridized carbons (Fsp3) is 0.519. The van der Waals surface area contributed by atoms with Crippen LogP contribution in [0.5, 0.6) is 0 Å². The van der Waals surface area contributed by atoms with Crippen LogP contribution in [-0.4, -0.2) is 50.0 Å². The smallest absolute Gasteiger partial charge is 0.297 e. The average molecular weight is 539 g/mol. The largest absolute Gasteiger partial charge is 0.380 e. The zero-order chi connectivity index (χ0) is 25.5. The van der Waals surface area contributed by atoms with E-state index in [9.17, 15) is 13.2 Å². The molecule has 0 aliphatic carbocycles. The molecule has 1 atom stereocenters. The minimum atomic E-state index is -2.99. The van der Waals surface area contributed by atoms with Crippen LogP contribution < -0.4 is 0 Å². The molecule has 4 nitrogen and oxygen atoms in total. The van der Waals surface area contributed by atoms with Gasteiger partial charge in [-0.05, 0) is 61.4 Å². The molecule has 1 unspecified atom stereocenters. The lowest BCUT2D eigenvalue weighted by Crippen LogP contribution is -2.49. The van der Waals surface area contributed by atoms with Crippen LogP contribution in [0.3, 0.4) is 0 Å². The third-order valence-electron chi connectivity index (χ3n) is 7.53. The van der Waals surface area contributed by atoms with Gasteiger partial charge in [-0.2, -0.15) is 8.78 Å². The molecule has 1 aromatic carbocycles. The Morgan fingerprint density at radius 2 is 2.06 bits per heavy atom. The van der Waals surface area contributed by atoms with Crippen LogP contribution in [0, 0.1) is 5.82 Å². The molecular weight excluding hydrogens is 509 g/mol. The summed E-state index contributed by atoms with van der Waals surface area (Å²) in [6.07, 6.45) is 4.79. The second-order valence-electron chi connectivity index (χ2n) is 9.90. The van der Waals surface area contributed by atoms with Crippen molar-refractivity contribution in [3.63, 3.8) is 0 Å². The van der Waals surface area contributed by atoms with Gasteiger partial charge in [-0.1, -0.05) is 29.8 Å². The summed E-state index contributed by atoms with van der Waals surface area (Å²) >= 11 is 7.34. The van der Waals surface area contributed by atoms with Gasteiger partial charge in [-0.25, -0.2) is 4.39 Å². The van der Waals surface area contributed by atoms with Crippen LogP contribution >= 0.6 is 22.9 Å². The number of piperidine rings is 1. The van der Waals surface area contributed by atoms with Crippen LogP contribution in [0.15, 0.2) is 40.9 Å². The Morgan fingerprint density at radius 1 is 1.28 bits per heavy atom. The van der Waals surface area contributed by atoms with Gasteiger partial charge in [0, 0.05) is 42.9 Å². The van der Waals surface area contributed by atoms with Gasteiger partial charge in [0.2, 0.25) is 0 Å². The van der Waals surface area contributed by atoms with E-state index in [0.717, 1.165) is 37.3 Å². The molecule has 1 spiro atoms. The summed E-state index contributed by atoms with van der Waals surface area (Å²) in [6.45, 7) is 4.02. The lowest BCUT2D eigenvalue weighted by Gasteiger charge is -2.45. The van der Waals surface area contributed by atoms with Crippen molar-refractivity contribution in [3.05, 3.63) is 67.6 Å². The van der Waals surface area contributed by atoms with E-state index >= 15 is 0 Å². The number of aliphatic imine (C=N–C) groups is 1. The van der Waals surface area contributed by atoms with Gasteiger partial charge < -0.3 is 9.47 Å². The summed E-state index contributed by atoms with van der Waals surface area (Å²) in [4.78, 5) is 7.81. The number of hydrogen-bond acceptors (Lipinski definition) is 5. The van der Waals surface area contributed by atoms with Crippen molar-refractivity contribution in [2.75, 3.05) is 33.4 Å². The van der Waals surface area contributed by atoms with Gasteiger partial charge in [0.15, 0.2) is 0 Å². The van der Waals surface area contributed by atoms with Crippen molar-refractivity contribution in [2.24, 2.45) is 4.99 Å². The first-order valence-electron chi connectivity index (χ1n) is 12.2. The lowest BCUT2D eigenvalue weighted by atomic mass is 9.84. The summed E-state index contributed by atoms with van der Waals surface area (Å²) in [5, 5.41) is 0. The van der Waals surface area contributed by atoms with Crippen LogP contribution in [0.2, 0.25) is 4.34 Å². The Kier molecular flexibility index (Phi) is 7.36. The third kappa shape index (κ3) is 5.03. The number of methoxy groups -OCH3 is 1. The highest BCUT2D eigenvalue weighted by Gasteiger charge is 2.51. The van der Waals surface area contributed by atoms with Gasteiger partial charge in [0.1, 0.15) is 18.0 Å². The second kappa shape index (κ2) is 10.2. The van der Waals surface area contributed by atoms with Crippen molar-refractivity contribution in [2.45, 2.75) is 56.8 Å². The molecule has 194 valence electrons. The van der Waals surface area contributed by atoms with E-state index in [1.165, 1.54) is 29.0 Å². The van der Waals surface area contributed by atoms with Crippen molar-refractivity contribution in [1.82, 2.24) is 4.90 Å². The molecule has 4 heterocycles. The maximum absolute atomic E-state index is 14.5. The van der Waals surface area contributed by atoms with Gasteiger partial charge in [-0.3, -0.25) is 9.89 Å². The Labute approximate surface area is 218 Å². The van der Waals surface area contributed by atoms with E-state index in [0.29, 0.717) is 40.6 Å². The summed E-state index contributed by atoms with van der Waals surface area (Å²) in [6, 6.07) is 6.49. The average Bonchev–Trinajstić information content (AvgIpc) is 3.26. The zero-order valence-electron chi connectivity index (χ0n) is 20.5. The molecular formula is C27H30ClF3N2O2S. The van der Waals surface area contributed by atoms with Crippen molar-refractivity contribution in [3.8, 4) is 0 Å². The number of nitrogens with zero attached hydrogens (tertiary/aromatic N) is 2. The summed E-state index contributed by atoms with van der Waals surface area (Å²) in [5.74, 6) is -3.21. The predicted octanol–water partition coefficient (Wildman–Crippen LogP) is 6.50. The first-order chi connectivity index (χ1) is 17.2. The Balaban J connectivity index is 1.21. The molecule has 2 aromatic rings. The second-order valence-corrected chi connectivity index (χ2v) is 11.6. The molecule has 36 heavy (non-hydrogen) atoms. The maximum Gasteiger partial charge on any atom is 0.297 e. The maximum atomic E-state index is 14.5. The van der Waals surface area contributed by atoms with Crippen LogP contribution in [0.4, 0.5) is 13.2 Å². The molecule has 0 N–H and O–H groups in total. The fourth-order valence-electron chi connectivity index (χ4n) is 5.53. The highest BCUT2D eigenvalue weighted by Crippen LogP contribution is 2.52.